The number of nitrogens with zero attached hydrogens (tertiary/aromatic N) is 2. The van der Waals surface area contributed by atoms with Gasteiger partial charge in [0, 0.05) is 5.69 Å². The zero-order valence-corrected chi connectivity index (χ0v) is 15.8. The lowest BCUT2D eigenvalue weighted by Crippen LogP contribution is -3.11. The lowest BCUT2D eigenvalue weighted by molar-refractivity contribution is -0.907. The molecule has 0 aliphatic carbocycles. The molecule has 7 heteroatoms. The summed E-state index contributed by atoms with van der Waals surface area (Å²) in [4.78, 5) is 14.4. The van der Waals surface area contributed by atoms with E-state index in [4.69, 9.17) is 4.42 Å². The SMILES string of the molecule is CCC[NH+](CC(=O)Nc1cccc(C)c1)Cc1nnc(-c2cccs2)o1. The van der Waals surface area contributed by atoms with Crippen molar-refractivity contribution in [1.82, 2.24) is 10.2 Å². The van der Waals surface area contributed by atoms with Crippen LogP contribution in [0.3, 0.4) is 0 Å². The van der Waals surface area contributed by atoms with Crippen molar-refractivity contribution >= 4 is 22.9 Å². The molecule has 0 saturated heterocycles. The minimum absolute atomic E-state index is 0.0166. The predicted molar refractivity (Wildman–Crippen MR) is 102 cm³/mol. The number of rotatable bonds is 8. The summed E-state index contributed by atoms with van der Waals surface area (Å²) in [6, 6.07) is 11.7. The lowest BCUT2D eigenvalue weighted by Gasteiger charge is -2.16. The summed E-state index contributed by atoms with van der Waals surface area (Å²) in [7, 11) is 0. The van der Waals surface area contributed by atoms with Crippen molar-refractivity contribution in [2.45, 2.75) is 26.8 Å². The molecule has 6 nitrogen and oxygen atoms in total. The van der Waals surface area contributed by atoms with Gasteiger partial charge in [-0.1, -0.05) is 25.1 Å². The Morgan fingerprint density at radius 1 is 1.27 bits per heavy atom. The highest BCUT2D eigenvalue weighted by molar-refractivity contribution is 7.13. The van der Waals surface area contributed by atoms with Crippen molar-refractivity contribution in [3.8, 4) is 10.8 Å². The smallest absolute Gasteiger partial charge is 0.279 e. The monoisotopic (exact) mass is 371 g/mol. The molecular weight excluding hydrogens is 348 g/mol. The second kappa shape index (κ2) is 8.73. The van der Waals surface area contributed by atoms with Gasteiger partial charge in [0.25, 0.3) is 17.7 Å². The highest BCUT2D eigenvalue weighted by atomic mass is 32.1. The molecule has 136 valence electrons. The van der Waals surface area contributed by atoms with Crippen LogP contribution in [0.25, 0.3) is 10.8 Å². The van der Waals surface area contributed by atoms with Gasteiger partial charge in [0.2, 0.25) is 0 Å². The van der Waals surface area contributed by atoms with Crippen LogP contribution in [0.1, 0.15) is 24.8 Å². The predicted octanol–water partition coefficient (Wildman–Crippen LogP) is 2.54. The number of anilines is 1. The average molecular weight is 371 g/mol. The molecule has 3 aromatic rings. The first kappa shape index (κ1) is 18.3. The molecule has 1 atom stereocenters. The van der Waals surface area contributed by atoms with Crippen molar-refractivity contribution in [3.63, 3.8) is 0 Å². The van der Waals surface area contributed by atoms with Gasteiger partial charge in [-0.3, -0.25) is 4.79 Å². The number of benzene rings is 1. The van der Waals surface area contributed by atoms with Crippen LogP contribution >= 0.6 is 11.3 Å². The maximum Gasteiger partial charge on any atom is 0.279 e. The number of hydrogen-bond donors (Lipinski definition) is 2. The molecule has 0 radical (unpaired) electrons. The maximum absolute atomic E-state index is 12.4. The van der Waals surface area contributed by atoms with Crippen LogP contribution in [0.15, 0.2) is 46.2 Å². The minimum atomic E-state index is -0.0166. The molecule has 0 spiro atoms. The van der Waals surface area contributed by atoms with Crippen LogP contribution < -0.4 is 10.2 Å². The number of carbonyl (C=O) groups is 1. The van der Waals surface area contributed by atoms with Gasteiger partial charge in [0.1, 0.15) is 0 Å². The molecular formula is C19H23N4O2S+. The van der Waals surface area contributed by atoms with Crippen molar-refractivity contribution in [3.05, 3.63) is 53.2 Å². The number of amides is 1. The molecule has 3 rings (SSSR count). The van der Waals surface area contributed by atoms with Crippen molar-refractivity contribution < 1.29 is 14.1 Å². The van der Waals surface area contributed by atoms with E-state index in [-0.39, 0.29) is 5.91 Å². The summed E-state index contributed by atoms with van der Waals surface area (Å²) in [5.74, 6) is 1.08. The van der Waals surface area contributed by atoms with E-state index < -0.39 is 0 Å². The summed E-state index contributed by atoms with van der Waals surface area (Å²) in [6.07, 6.45) is 0.971. The van der Waals surface area contributed by atoms with Crippen LogP contribution in [-0.4, -0.2) is 29.2 Å². The first-order chi connectivity index (χ1) is 12.6. The van der Waals surface area contributed by atoms with Crippen LogP contribution in [0.5, 0.6) is 0 Å². The minimum Gasteiger partial charge on any atom is -0.414 e. The first-order valence-corrected chi connectivity index (χ1v) is 9.58. The van der Waals surface area contributed by atoms with E-state index in [1.807, 2.05) is 48.7 Å². The second-order valence-electron chi connectivity index (χ2n) is 6.25. The highest BCUT2D eigenvalue weighted by Gasteiger charge is 2.19. The first-order valence-electron chi connectivity index (χ1n) is 8.70. The molecule has 2 aromatic heterocycles. The third-order valence-corrected chi connectivity index (χ3v) is 4.77. The maximum atomic E-state index is 12.4. The van der Waals surface area contributed by atoms with E-state index in [1.165, 1.54) is 0 Å². The molecule has 0 aliphatic rings. The molecule has 0 aliphatic heterocycles. The van der Waals surface area contributed by atoms with Gasteiger partial charge < -0.3 is 14.6 Å². The van der Waals surface area contributed by atoms with Crippen LogP contribution in [0.4, 0.5) is 5.69 Å². The van der Waals surface area contributed by atoms with E-state index in [9.17, 15) is 4.79 Å². The van der Waals surface area contributed by atoms with Crippen LogP contribution in [-0.2, 0) is 11.3 Å². The zero-order valence-electron chi connectivity index (χ0n) is 15.0. The Kier molecular flexibility index (Phi) is 6.14. The normalized spacial score (nSPS) is 12.1. The summed E-state index contributed by atoms with van der Waals surface area (Å²) >= 11 is 1.56. The van der Waals surface area contributed by atoms with Gasteiger partial charge in [0.05, 0.1) is 11.4 Å². The molecule has 1 unspecified atom stereocenters. The standard InChI is InChI=1S/C19H22N4O2S/c1-3-9-23(12-17(24)20-15-7-4-6-14(2)11-15)13-18-21-22-19(25-18)16-8-5-10-26-16/h4-8,10-11H,3,9,12-13H2,1-2H3,(H,20,24)/p+1. The van der Waals surface area contributed by atoms with E-state index in [0.29, 0.717) is 24.9 Å². The Hall–Kier alpha value is -2.51. The Bertz CT molecular complexity index is 845. The number of thiophene rings is 1. The average Bonchev–Trinajstić information content (AvgIpc) is 3.26. The Balaban J connectivity index is 1.61. The van der Waals surface area contributed by atoms with Gasteiger partial charge in [-0.2, -0.15) is 0 Å². The molecule has 26 heavy (non-hydrogen) atoms. The Labute approximate surface area is 156 Å². The molecule has 1 aromatic carbocycles. The second-order valence-corrected chi connectivity index (χ2v) is 7.20. The number of carbonyl (C=O) groups excluding carboxylic acids is 1. The third-order valence-electron chi connectivity index (χ3n) is 3.92. The molecule has 1 amide bonds. The Morgan fingerprint density at radius 2 is 2.15 bits per heavy atom. The van der Waals surface area contributed by atoms with Gasteiger partial charge >= 0.3 is 0 Å². The third kappa shape index (κ3) is 5.00. The molecule has 2 heterocycles. The summed E-state index contributed by atoms with van der Waals surface area (Å²) < 4.78 is 5.76. The van der Waals surface area contributed by atoms with Gasteiger partial charge in [-0.05, 0) is 42.5 Å². The molecule has 0 fully saturated rings. The summed E-state index contributed by atoms with van der Waals surface area (Å²) in [5, 5.41) is 13.2. The number of nitrogens with one attached hydrogen (secondary N) is 2. The van der Waals surface area contributed by atoms with E-state index in [1.54, 1.807) is 11.3 Å². The van der Waals surface area contributed by atoms with E-state index in [0.717, 1.165) is 34.0 Å². The number of aryl methyl sites for hydroxylation is 1. The highest BCUT2D eigenvalue weighted by Crippen LogP contribution is 2.22. The van der Waals surface area contributed by atoms with Crippen LogP contribution in [0.2, 0.25) is 0 Å². The fraction of sp³-hybridized carbons (Fsp3) is 0.316. The summed E-state index contributed by atoms with van der Waals surface area (Å²) in [5.41, 5.74) is 1.94. The molecule has 0 bridgehead atoms. The fourth-order valence-corrected chi connectivity index (χ4v) is 3.43. The lowest BCUT2D eigenvalue weighted by atomic mass is 10.2. The largest absolute Gasteiger partial charge is 0.414 e. The number of aromatic nitrogens is 2. The number of hydrogen-bond acceptors (Lipinski definition) is 5. The topological polar surface area (TPSA) is 72.5 Å². The van der Waals surface area contributed by atoms with Crippen molar-refractivity contribution in [2.24, 2.45) is 0 Å². The zero-order chi connectivity index (χ0) is 18.4. The van der Waals surface area contributed by atoms with Crippen LogP contribution in [0, 0.1) is 6.92 Å². The van der Waals surface area contributed by atoms with Crippen molar-refractivity contribution in [1.29, 1.82) is 0 Å². The van der Waals surface area contributed by atoms with E-state index >= 15 is 0 Å². The number of quaternary nitrogens is 1. The molecule has 2 N–H and O–H groups in total. The molecule has 0 saturated carbocycles. The van der Waals surface area contributed by atoms with E-state index in [2.05, 4.69) is 22.4 Å². The Morgan fingerprint density at radius 3 is 2.88 bits per heavy atom. The summed E-state index contributed by atoms with van der Waals surface area (Å²) in [6.45, 7) is 5.86. The van der Waals surface area contributed by atoms with Crippen molar-refractivity contribution in [2.75, 3.05) is 18.4 Å². The van der Waals surface area contributed by atoms with Gasteiger partial charge in [0.15, 0.2) is 13.1 Å². The van der Waals surface area contributed by atoms with Gasteiger partial charge in [-0.25, -0.2) is 0 Å². The quantitative estimate of drug-likeness (QED) is 0.638. The van der Waals surface area contributed by atoms with Gasteiger partial charge in [-0.15, -0.1) is 21.5 Å². The fourth-order valence-electron chi connectivity index (χ4n) is 2.79.